The van der Waals surface area contributed by atoms with E-state index in [2.05, 4.69) is 72.5 Å². The summed E-state index contributed by atoms with van der Waals surface area (Å²) >= 11 is 12.2. The van der Waals surface area contributed by atoms with Gasteiger partial charge < -0.3 is 37.9 Å². The van der Waals surface area contributed by atoms with Crippen LogP contribution >= 0.6 is 0 Å². The molecule has 1 aromatic rings. The second-order valence-corrected chi connectivity index (χ2v) is 3.12. The molecule has 0 heterocycles. The molecule has 0 spiro atoms. The second-order valence-electron chi connectivity index (χ2n) is 3.12. The molecule has 0 aliphatic heterocycles. The van der Waals surface area contributed by atoms with Crippen molar-refractivity contribution in [1.82, 2.24) is 0 Å². The Morgan fingerprint density at radius 3 is 0.882 bits per heavy atom. The normalized spacial score (nSPS) is 7.24. The van der Waals surface area contributed by atoms with E-state index < -0.39 is 0 Å². The van der Waals surface area contributed by atoms with Crippen molar-refractivity contribution in [1.29, 1.82) is 0 Å². The Kier molecular flexibility index (Phi) is 26.8. The summed E-state index contributed by atoms with van der Waals surface area (Å²) in [6.07, 6.45) is 4.75. The van der Waals surface area contributed by atoms with Crippen LogP contribution in [-0.2, 0) is 59.6 Å². The first-order chi connectivity index (χ1) is 7.55. The van der Waals surface area contributed by atoms with Crippen molar-refractivity contribution >= 4 is 37.9 Å². The summed E-state index contributed by atoms with van der Waals surface area (Å²) in [5, 5.41) is 0. The molecular formula is C13H24S3Ti. The molecule has 0 atom stereocenters. The predicted octanol–water partition coefficient (Wildman–Crippen LogP) is 3.43. The summed E-state index contributed by atoms with van der Waals surface area (Å²) < 4.78 is 0. The average molecular weight is 324 g/mol. The van der Waals surface area contributed by atoms with Crippen LogP contribution in [0.5, 0.6) is 0 Å². The first-order valence-corrected chi connectivity index (χ1v) is 7.42. The molecule has 17 heavy (non-hydrogen) atoms. The largest absolute Gasteiger partial charge is 4.00 e. The molecule has 0 saturated carbocycles. The molecule has 0 aliphatic rings. The minimum absolute atomic E-state index is 0. The average Bonchev–Trinajstić information content (AvgIpc) is 2.55. The van der Waals surface area contributed by atoms with Gasteiger partial charge in [0.1, 0.15) is 0 Å². The van der Waals surface area contributed by atoms with Gasteiger partial charge in [-0.1, -0.05) is 34.6 Å². The first kappa shape index (κ1) is 26.6. The van der Waals surface area contributed by atoms with E-state index in [4.69, 9.17) is 0 Å². The molecule has 0 saturated heterocycles. The molecular weight excluding hydrogens is 300 g/mol. The zero-order valence-electron chi connectivity index (χ0n) is 12.2. The molecule has 1 aromatic carbocycles. The summed E-state index contributed by atoms with van der Waals surface area (Å²) in [6.45, 7) is 11.0. The van der Waals surface area contributed by atoms with E-state index >= 15 is 0 Å². The topological polar surface area (TPSA) is 0 Å². The Bertz CT molecular complexity index is 188. The number of hydrogen-bond donors (Lipinski definition) is 0. The Hall–Kier alpha value is 1.11. The van der Waals surface area contributed by atoms with Crippen LogP contribution in [0.4, 0.5) is 0 Å². The van der Waals surface area contributed by atoms with E-state index in [9.17, 15) is 0 Å². The molecule has 1 rings (SSSR count). The van der Waals surface area contributed by atoms with Gasteiger partial charge in [0.05, 0.1) is 0 Å². The van der Waals surface area contributed by atoms with Gasteiger partial charge >= 0.3 is 21.7 Å². The third kappa shape index (κ3) is 8.77. The molecule has 0 radical (unpaired) electrons. The SMILES string of the molecule is C[S-].C[S-].C[S-].Cc1c(C)c(C)[c-](C)c1C.[Ti+4]. The maximum Gasteiger partial charge on any atom is 4.00 e. The molecule has 0 unspecified atom stereocenters. The minimum atomic E-state index is 0. The van der Waals surface area contributed by atoms with E-state index in [1.807, 2.05) is 0 Å². The molecule has 0 aromatic heterocycles. The molecule has 0 bridgehead atoms. The van der Waals surface area contributed by atoms with Gasteiger partial charge in [0.25, 0.3) is 0 Å². The number of rotatable bonds is 0. The van der Waals surface area contributed by atoms with Crippen LogP contribution in [0.1, 0.15) is 27.8 Å². The van der Waals surface area contributed by atoms with Crippen molar-refractivity contribution in [2.45, 2.75) is 34.6 Å². The Morgan fingerprint density at radius 2 is 0.824 bits per heavy atom. The van der Waals surface area contributed by atoms with Crippen molar-refractivity contribution in [3.05, 3.63) is 27.8 Å². The quantitative estimate of drug-likeness (QED) is 0.408. The second kappa shape index (κ2) is 17.1. The Morgan fingerprint density at radius 1 is 0.647 bits per heavy atom. The van der Waals surface area contributed by atoms with Crippen LogP contribution in [0.15, 0.2) is 0 Å². The summed E-state index contributed by atoms with van der Waals surface area (Å²) in [5.74, 6) is 0. The molecule has 0 aliphatic carbocycles. The predicted molar refractivity (Wildman–Crippen MR) is 85.6 cm³/mol. The van der Waals surface area contributed by atoms with E-state index in [0.29, 0.717) is 0 Å². The van der Waals surface area contributed by atoms with Gasteiger partial charge in [-0.2, -0.15) is 46.6 Å². The van der Waals surface area contributed by atoms with Gasteiger partial charge in [0.15, 0.2) is 0 Å². The molecule has 4 heteroatoms. The number of hydrogen-bond acceptors (Lipinski definition) is 3. The summed E-state index contributed by atoms with van der Waals surface area (Å²) in [4.78, 5) is 0. The van der Waals surface area contributed by atoms with Gasteiger partial charge in [-0.15, -0.1) is 0 Å². The standard InChI is InChI=1S/C10H15.3CH4S.Ti/c1-6-7(2)9(4)10(5)8(6)3;3*1-2;/h1-5H3;3*2H,1H3;/q-1;;;;+4/p-3. The first-order valence-electron chi connectivity index (χ1n) is 4.97. The van der Waals surface area contributed by atoms with Crippen LogP contribution in [0.25, 0.3) is 0 Å². The van der Waals surface area contributed by atoms with Gasteiger partial charge in [-0.3, -0.25) is 0 Å². The van der Waals surface area contributed by atoms with E-state index in [1.165, 1.54) is 27.8 Å². The molecule has 0 amide bonds. The van der Waals surface area contributed by atoms with Crippen molar-refractivity contribution in [3.63, 3.8) is 0 Å². The Labute approximate surface area is 140 Å². The van der Waals surface area contributed by atoms with Gasteiger partial charge in [0, 0.05) is 0 Å². The van der Waals surface area contributed by atoms with Crippen LogP contribution < -0.4 is 0 Å². The third-order valence-corrected chi connectivity index (χ3v) is 2.81. The van der Waals surface area contributed by atoms with Crippen LogP contribution in [-0.4, -0.2) is 18.8 Å². The molecule has 0 nitrogen and oxygen atoms in total. The maximum atomic E-state index is 4.08. The van der Waals surface area contributed by atoms with Crippen molar-refractivity contribution in [2.75, 3.05) is 18.8 Å². The van der Waals surface area contributed by atoms with Crippen LogP contribution in [0.2, 0.25) is 0 Å². The van der Waals surface area contributed by atoms with Crippen molar-refractivity contribution in [3.8, 4) is 0 Å². The van der Waals surface area contributed by atoms with E-state index in [-0.39, 0.29) is 21.7 Å². The monoisotopic (exact) mass is 324 g/mol. The van der Waals surface area contributed by atoms with Crippen molar-refractivity contribution in [2.24, 2.45) is 0 Å². The van der Waals surface area contributed by atoms with Gasteiger partial charge in [-0.05, 0) is 0 Å². The third-order valence-electron chi connectivity index (χ3n) is 2.81. The summed E-state index contributed by atoms with van der Waals surface area (Å²) in [6, 6.07) is 0. The Balaban J connectivity index is -0.000000106. The fourth-order valence-corrected chi connectivity index (χ4v) is 1.41. The fraction of sp³-hybridized carbons (Fsp3) is 0.615. The van der Waals surface area contributed by atoms with Gasteiger partial charge in [0.2, 0.25) is 0 Å². The fourth-order valence-electron chi connectivity index (χ4n) is 1.41. The van der Waals surface area contributed by atoms with Crippen LogP contribution in [0.3, 0.4) is 0 Å². The van der Waals surface area contributed by atoms with E-state index in [0.717, 1.165) is 0 Å². The van der Waals surface area contributed by atoms with Crippen LogP contribution in [0, 0.1) is 34.6 Å². The minimum Gasteiger partial charge on any atom is -0.796 e. The zero-order chi connectivity index (χ0) is 13.9. The maximum absolute atomic E-state index is 4.08. The molecule has 0 fully saturated rings. The molecule has 98 valence electrons. The van der Waals surface area contributed by atoms with E-state index in [1.54, 1.807) is 18.8 Å². The smallest absolute Gasteiger partial charge is 0.796 e. The zero-order valence-corrected chi connectivity index (χ0v) is 16.2. The molecule has 0 N–H and O–H groups in total. The van der Waals surface area contributed by atoms with Gasteiger partial charge in [-0.25, -0.2) is 0 Å². The summed E-state index contributed by atoms with van der Waals surface area (Å²) in [7, 11) is 0. The summed E-state index contributed by atoms with van der Waals surface area (Å²) in [5.41, 5.74) is 7.34. The van der Waals surface area contributed by atoms with Crippen molar-refractivity contribution < 1.29 is 21.7 Å².